The Morgan fingerprint density at radius 3 is 2.79 bits per heavy atom. The van der Waals surface area contributed by atoms with Crippen molar-refractivity contribution in [2.45, 2.75) is 0 Å². The van der Waals surface area contributed by atoms with Crippen LogP contribution in [0, 0.1) is 0 Å². The summed E-state index contributed by atoms with van der Waals surface area (Å²) in [4.78, 5) is 19.8. The highest BCUT2D eigenvalue weighted by Crippen LogP contribution is 2.08. The van der Waals surface area contributed by atoms with Gasteiger partial charge in [-0.2, -0.15) is 4.98 Å². The van der Waals surface area contributed by atoms with Crippen molar-refractivity contribution in [2.24, 2.45) is 14.1 Å². The molecule has 2 heterocycles. The van der Waals surface area contributed by atoms with Crippen LogP contribution < -0.4 is 10.3 Å². The highest BCUT2D eigenvalue weighted by Gasteiger charge is 2.11. The summed E-state index contributed by atoms with van der Waals surface area (Å²) in [7, 11) is 4.84. The van der Waals surface area contributed by atoms with Gasteiger partial charge in [0.1, 0.15) is 0 Å². The van der Waals surface area contributed by atoms with Crippen molar-refractivity contribution in [3.63, 3.8) is 0 Å². The summed E-state index contributed by atoms with van der Waals surface area (Å²) in [6, 6.07) is 0.265. The molecule has 0 amide bonds. The molecule has 2 aromatic rings. The molecule has 0 N–H and O–H groups in total. The lowest BCUT2D eigenvalue weighted by atomic mass is 10.5. The molecule has 2 aromatic heterocycles. The lowest BCUT2D eigenvalue weighted by molar-refractivity contribution is 0.359. The van der Waals surface area contributed by atoms with Crippen LogP contribution in [0.25, 0.3) is 11.2 Å². The van der Waals surface area contributed by atoms with Gasteiger partial charge < -0.3 is 9.30 Å². The number of imidazole rings is 1. The second-order valence-corrected chi connectivity index (χ2v) is 2.99. The molecule has 0 fully saturated rings. The molecule has 0 bridgehead atoms. The van der Waals surface area contributed by atoms with Gasteiger partial charge in [-0.3, -0.25) is 9.36 Å². The molecule has 0 unspecified atom stereocenters. The van der Waals surface area contributed by atoms with E-state index in [2.05, 4.69) is 9.97 Å². The van der Waals surface area contributed by atoms with Crippen molar-refractivity contribution >= 4 is 11.2 Å². The van der Waals surface area contributed by atoms with Gasteiger partial charge in [0.25, 0.3) is 5.56 Å². The summed E-state index contributed by atoms with van der Waals surface area (Å²) in [5.41, 5.74) is 0.729. The van der Waals surface area contributed by atoms with Gasteiger partial charge in [0.15, 0.2) is 11.2 Å². The Hall–Kier alpha value is -1.85. The second kappa shape index (κ2) is 2.83. The van der Waals surface area contributed by atoms with Gasteiger partial charge in [0.05, 0.1) is 13.4 Å². The monoisotopic (exact) mass is 194 g/mol. The standard InChI is InChI=1S/C8H10N4O2/c1-11-4-9-6-5(11)7(13)12(2)8(10-6)14-3/h4H,1-3H3. The van der Waals surface area contributed by atoms with Crippen LogP contribution in [-0.2, 0) is 14.1 Å². The van der Waals surface area contributed by atoms with Gasteiger partial charge in [0, 0.05) is 14.1 Å². The molecular weight excluding hydrogens is 184 g/mol. The third-order valence-corrected chi connectivity index (χ3v) is 2.10. The van der Waals surface area contributed by atoms with E-state index < -0.39 is 0 Å². The molecule has 0 atom stereocenters. The zero-order chi connectivity index (χ0) is 10.3. The molecule has 6 nitrogen and oxygen atoms in total. The Morgan fingerprint density at radius 1 is 1.43 bits per heavy atom. The molecule has 0 saturated heterocycles. The number of ether oxygens (including phenoxy) is 1. The molecule has 6 heteroatoms. The topological polar surface area (TPSA) is 61.9 Å². The molecule has 0 saturated carbocycles. The predicted molar refractivity (Wildman–Crippen MR) is 50.3 cm³/mol. The molecule has 0 aliphatic rings. The number of aryl methyl sites for hydroxylation is 1. The number of nitrogens with zero attached hydrogens (tertiary/aromatic N) is 4. The summed E-state index contributed by atoms with van der Waals surface area (Å²) in [6.45, 7) is 0. The number of rotatable bonds is 1. The lowest BCUT2D eigenvalue weighted by Gasteiger charge is -2.04. The summed E-state index contributed by atoms with van der Waals surface area (Å²) < 4.78 is 7.94. The Labute approximate surface area is 79.8 Å². The third-order valence-electron chi connectivity index (χ3n) is 2.10. The molecule has 0 radical (unpaired) electrons. The van der Waals surface area contributed by atoms with Crippen molar-refractivity contribution in [3.8, 4) is 6.01 Å². The van der Waals surface area contributed by atoms with Crippen LogP contribution in [-0.4, -0.2) is 26.2 Å². The first-order valence-electron chi connectivity index (χ1n) is 4.07. The molecular formula is C8H10N4O2. The normalized spacial score (nSPS) is 10.8. The number of aromatic nitrogens is 4. The summed E-state index contributed by atoms with van der Waals surface area (Å²) in [5.74, 6) is 0. The minimum atomic E-state index is -0.160. The lowest BCUT2D eigenvalue weighted by Crippen LogP contribution is -2.21. The van der Waals surface area contributed by atoms with Crippen molar-refractivity contribution in [3.05, 3.63) is 16.7 Å². The average molecular weight is 194 g/mol. The fourth-order valence-electron chi connectivity index (χ4n) is 1.34. The molecule has 0 spiro atoms. The van der Waals surface area contributed by atoms with Crippen LogP contribution in [0.5, 0.6) is 6.01 Å². The number of methoxy groups -OCH3 is 1. The minimum absolute atomic E-state index is 0.160. The van der Waals surface area contributed by atoms with E-state index >= 15 is 0 Å². The molecule has 74 valence electrons. The quantitative estimate of drug-likeness (QED) is 0.624. The molecule has 0 aliphatic heterocycles. The van der Waals surface area contributed by atoms with E-state index in [4.69, 9.17) is 4.74 Å². The van der Waals surface area contributed by atoms with Crippen LogP contribution in [0.4, 0.5) is 0 Å². The molecule has 2 rings (SSSR count). The highest BCUT2D eigenvalue weighted by atomic mass is 16.5. The number of hydrogen-bond donors (Lipinski definition) is 0. The third kappa shape index (κ3) is 1.00. The van der Waals surface area contributed by atoms with E-state index in [1.807, 2.05) is 0 Å². The Balaban J connectivity index is 2.95. The van der Waals surface area contributed by atoms with Gasteiger partial charge in [-0.15, -0.1) is 0 Å². The number of hydrogen-bond acceptors (Lipinski definition) is 4. The Kier molecular flexibility index (Phi) is 1.77. The maximum atomic E-state index is 11.8. The fourth-order valence-corrected chi connectivity index (χ4v) is 1.34. The first kappa shape index (κ1) is 8.74. The predicted octanol–water partition coefficient (Wildman–Crippen LogP) is -0.324. The van der Waals surface area contributed by atoms with E-state index in [9.17, 15) is 4.79 Å². The zero-order valence-corrected chi connectivity index (χ0v) is 8.18. The maximum Gasteiger partial charge on any atom is 0.300 e. The van der Waals surface area contributed by atoms with Crippen LogP contribution in [0.1, 0.15) is 0 Å². The highest BCUT2D eigenvalue weighted by molar-refractivity contribution is 5.69. The number of fused-ring (bicyclic) bond motifs is 1. The van der Waals surface area contributed by atoms with Crippen molar-refractivity contribution in [1.29, 1.82) is 0 Å². The van der Waals surface area contributed by atoms with Gasteiger partial charge in [0.2, 0.25) is 0 Å². The van der Waals surface area contributed by atoms with Crippen molar-refractivity contribution < 1.29 is 4.74 Å². The summed E-state index contributed by atoms with van der Waals surface area (Å²) in [6.07, 6.45) is 1.55. The molecule has 0 aromatic carbocycles. The van der Waals surface area contributed by atoms with Gasteiger partial charge in [-0.1, -0.05) is 0 Å². The molecule has 0 aliphatic carbocycles. The SMILES string of the molecule is COc1nc2ncn(C)c2c(=O)n1C. The van der Waals surface area contributed by atoms with Crippen LogP contribution >= 0.6 is 0 Å². The van der Waals surface area contributed by atoms with E-state index in [0.29, 0.717) is 11.2 Å². The largest absolute Gasteiger partial charge is 0.468 e. The zero-order valence-electron chi connectivity index (χ0n) is 8.18. The second-order valence-electron chi connectivity index (χ2n) is 2.99. The molecule has 14 heavy (non-hydrogen) atoms. The van der Waals surface area contributed by atoms with Gasteiger partial charge >= 0.3 is 6.01 Å². The van der Waals surface area contributed by atoms with Crippen molar-refractivity contribution in [1.82, 2.24) is 19.1 Å². The van der Waals surface area contributed by atoms with Gasteiger partial charge in [-0.05, 0) is 0 Å². The van der Waals surface area contributed by atoms with Gasteiger partial charge in [-0.25, -0.2) is 4.98 Å². The smallest absolute Gasteiger partial charge is 0.300 e. The van der Waals surface area contributed by atoms with Crippen LogP contribution in [0.15, 0.2) is 11.1 Å². The fraction of sp³-hybridized carbons (Fsp3) is 0.375. The van der Waals surface area contributed by atoms with E-state index in [-0.39, 0.29) is 11.6 Å². The summed E-state index contributed by atoms with van der Waals surface area (Å²) in [5, 5.41) is 0. The summed E-state index contributed by atoms with van der Waals surface area (Å²) >= 11 is 0. The first-order chi connectivity index (χ1) is 6.65. The van der Waals surface area contributed by atoms with Crippen LogP contribution in [0.2, 0.25) is 0 Å². The Bertz CT molecular complexity index is 540. The minimum Gasteiger partial charge on any atom is -0.468 e. The van der Waals surface area contributed by atoms with E-state index in [0.717, 1.165) is 0 Å². The maximum absolute atomic E-state index is 11.8. The van der Waals surface area contributed by atoms with E-state index in [1.54, 1.807) is 25.0 Å². The van der Waals surface area contributed by atoms with E-state index in [1.165, 1.54) is 11.7 Å². The van der Waals surface area contributed by atoms with Crippen molar-refractivity contribution in [2.75, 3.05) is 7.11 Å². The average Bonchev–Trinajstić information content (AvgIpc) is 2.54. The first-order valence-corrected chi connectivity index (χ1v) is 4.07. The van der Waals surface area contributed by atoms with Crippen LogP contribution in [0.3, 0.4) is 0 Å². The Morgan fingerprint density at radius 2 is 2.14 bits per heavy atom.